The largest absolute Gasteiger partial charge is 0.386 e. The molecule has 0 aromatic rings. The quantitative estimate of drug-likeness (QED) is 0.684. The Kier molecular flexibility index (Phi) is 3.50. The molecule has 0 aliphatic heterocycles. The Morgan fingerprint density at radius 2 is 2.07 bits per heavy atom. The number of aliphatic hydroxyl groups is 1. The molecule has 1 nitrogen and oxygen atoms in total. The van der Waals surface area contributed by atoms with E-state index in [9.17, 15) is 5.11 Å². The van der Waals surface area contributed by atoms with Gasteiger partial charge in [0.1, 0.15) is 0 Å². The van der Waals surface area contributed by atoms with Crippen molar-refractivity contribution in [1.29, 1.82) is 0 Å². The normalized spacial score (nSPS) is 37.5. The Morgan fingerprint density at radius 3 is 2.60 bits per heavy atom. The van der Waals surface area contributed by atoms with E-state index >= 15 is 0 Å². The molecule has 0 bridgehead atoms. The van der Waals surface area contributed by atoms with Gasteiger partial charge >= 0.3 is 0 Å². The van der Waals surface area contributed by atoms with Gasteiger partial charge in [-0.3, -0.25) is 0 Å². The van der Waals surface area contributed by atoms with Crippen LogP contribution in [-0.4, -0.2) is 10.7 Å². The lowest BCUT2D eigenvalue weighted by Gasteiger charge is -2.39. The summed E-state index contributed by atoms with van der Waals surface area (Å²) in [5, 5.41) is 10.6. The van der Waals surface area contributed by atoms with E-state index in [1.165, 1.54) is 44.1 Å². The molecule has 0 amide bonds. The van der Waals surface area contributed by atoms with E-state index in [2.05, 4.69) is 13.0 Å². The first-order valence-electron chi connectivity index (χ1n) is 6.66. The van der Waals surface area contributed by atoms with Gasteiger partial charge in [-0.05, 0) is 62.9 Å². The highest BCUT2D eigenvalue weighted by molar-refractivity contribution is 5.19. The first-order chi connectivity index (χ1) is 7.24. The zero-order chi connectivity index (χ0) is 10.7. The van der Waals surface area contributed by atoms with Crippen LogP contribution in [0.3, 0.4) is 0 Å². The molecule has 0 unspecified atom stereocenters. The molecule has 1 N–H and O–H groups in total. The number of hydrogen-bond donors (Lipinski definition) is 1. The summed E-state index contributed by atoms with van der Waals surface area (Å²) in [6, 6.07) is 0. The second-order valence-corrected chi connectivity index (χ2v) is 5.36. The summed E-state index contributed by atoms with van der Waals surface area (Å²) in [5.41, 5.74) is 0.954. The van der Waals surface area contributed by atoms with Gasteiger partial charge in [0, 0.05) is 0 Å². The topological polar surface area (TPSA) is 20.2 Å². The molecule has 1 fully saturated rings. The monoisotopic (exact) mass is 208 g/mol. The lowest BCUT2D eigenvalue weighted by Crippen LogP contribution is -2.36. The van der Waals surface area contributed by atoms with Gasteiger partial charge in [-0.2, -0.15) is 0 Å². The fourth-order valence-corrected chi connectivity index (χ4v) is 3.15. The van der Waals surface area contributed by atoms with Crippen LogP contribution in [0.1, 0.15) is 64.7 Å². The van der Waals surface area contributed by atoms with Crippen LogP contribution in [-0.2, 0) is 0 Å². The maximum Gasteiger partial charge on any atom is 0.0857 e. The van der Waals surface area contributed by atoms with Gasteiger partial charge in [0.25, 0.3) is 0 Å². The van der Waals surface area contributed by atoms with Crippen LogP contribution in [0, 0.1) is 5.92 Å². The van der Waals surface area contributed by atoms with Crippen LogP contribution < -0.4 is 0 Å². The first kappa shape index (κ1) is 11.2. The van der Waals surface area contributed by atoms with Gasteiger partial charge in [0.05, 0.1) is 5.60 Å². The SMILES string of the molecule is CCC1CCC(O)(C2=CCCCC2)CC1. The van der Waals surface area contributed by atoms with Crippen molar-refractivity contribution in [2.24, 2.45) is 5.92 Å². The fourth-order valence-electron chi connectivity index (χ4n) is 3.15. The zero-order valence-electron chi connectivity index (χ0n) is 9.97. The predicted octanol–water partition coefficient (Wildman–Crippen LogP) is 3.82. The number of hydrogen-bond acceptors (Lipinski definition) is 1. The predicted molar refractivity (Wildman–Crippen MR) is 63.7 cm³/mol. The summed E-state index contributed by atoms with van der Waals surface area (Å²) >= 11 is 0. The van der Waals surface area contributed by atoms with Crippen LogP contribution in [0.25, 0.3) is 0 Å². The number of rotatable bonds is 2. The van der Waals surface area contributed by atoms with E-state index in [1.807, 2.05) is 0 Å². The van der Waals surface area contributed by atoms with Gasteiger partial charge in [-0.1, -0.05) is 19.4 Å². The molecule has 1 heteroatoms. The Balaban J connectivity index is 1.98. The second kappa shape index (κ2) is 4.69. The summed E-state index contributed by atoms with van der Waals surface area (Å²) in [7, 11) is 0. The molecule has 0 spiro atoms. The minimum absolute atomic E-state index is 0.411. The maximum atomic E-state index is 10.6. The Labute approximate surface area is 93.6 Å². The Hall–Kier alpha value is -0.300. The average molecular weight is 208 g/mol. The zero-order valence-corrected chi connectivity index (χ0v) is 9.97. The lowest BCUT2D eigenvalue weighted by molar-refractivity contribution is 0.0195. The third-order valence-electron chi connectivity index (χ3n) is 4.40. The molecule has 0 aromatic heterocycles. The molecule has 2 aliphatic carbocycles. The summed E-state index contributed by atoms with van der Waals surface area (Å²) in [6.45, 7) is 2.27. The molecule has 2 rings (SSSR count). The van der Waals surface area contributed by atoms with Gasteiger partial charge in [-0.25, -0.2) is 0 Å². The summed E-state index contributed by atoms with van der Waals surface area (Å²) in [4.78, 5) is 0. The molecule has 1 saturated carbocycles. The van der Waals surface area contributed by atoms with E-state index in [-0.39, 0.29) is 0 Å². The highest BCUT2D eigenvalue weighted by atomic mass is 16.3. The van der Waals surface area contributed by atoms with Gasteiger partial charge in [0.15, 0.2) is 0 Å². The van der Waals surface area contributed by atoms with E-state index in [0.29, 0.717) is 0 Å². The van der Waals surface area contributed by atoms with Gasteiger partial charge < -0.3 is 5.11 Å². The van der Waals surface area contributed by atoms with Crippen molar-refractivity contribution in [1.82, 2.24) is 0 Å². The standard InChI is InChI=1S/C14H24O/c1-2-12-8-10-14(15,11-9-12)13-6-4-3-5-7-13/h6,12,15H,2-5,7-11H2,1H3. The molecular weight excluding hydrogens is 184 g/mol. The average Bonchev–Trinajstić information content (AvgIpc) is 2.31. The minimum Gasteiger partial charge on any atom is -0.386 e. The van der Waals surface area contributed by atoms with Crippen molar-refractivity contribution in [3.05, 3.63) is 11.6 Å². The van der Waals surface area contributed by atoms with Crippen LogP contribution in [0.4, 0.5) is 0 Å². The summed E-state index contributed by atoms with van der Waals surface area (Å²) in [5.74, 6) is 0.870. The van der Waals surface area contributed by atoms with Crippen LogP contribution in [0.2, 0.25) is 0 Å². The van der Waals surface area contributed by atoms with Crippen LogP contribution in [0.5, 0.6) is 0 Å². The highest BCUT2D eigenvalue weighted by Gasteiger charge is 2.35. The molecule has 0 heterocycles. The Morgan fingerprint density at radius 1 is 1.33 bits per heavy atom. The van der Waals surface area contributed by atoms with Crippen LogP contribution >= 0.6 is 0 Å². The lowest BCUT2D eigenvalue weighted by atomic mass is 9.72. The van der Waals surface area contributed by atoms with Crippen molar-refractivity contribution in [2.45, 2.75) is 70.3 Å². The molecular formula is C14H24O. The number of allylic oxidation sites excluding steroid dienone is 1. The molecule has 0 aromatic carbocycles. The van der Waals surface area contributed by atoms with Crippen molar-refractivity contribution in [2.75, 3.05) is 0 Å². The smallest absolute Gasteiger partial charge is 0.0857 e. The van der Waals surface area contributed by atoms with Gasteiger partial charge in [-0.15, -0.1) is 0 Å². The van der Waals surface area contributed by atoms with E-state index < -0.39 is 5.60 Å². The Bertz CT molecular complexity index is 234. The molecule has 0 radical (unpaired) electrons. The molecule has 15 heavy (non-hydrogen) atoms. The van der Waals surface area contributed by atoms with Crippen molar-refractivity contribution in [3.63, 3.8) is 0 Å². The van der Waals surface area contributed by atoms with E-state index in [4.69, 9.17) is 0 Å². The van der Waals surface area contributed by atoms with Gasteiger partial charge in [0.2, 0.25) is 0 Å². The molecule has 2 aliphatic rings. The van der Waals surface area contributed by atoms with Crippen LogP contribution in [0.15, 0.2) is 11.6 Å². The molecule has 0 atom stereocenters. The minimum atomic E-state index is -0.411. The highest BCUT2D eigenvalue weighted by Crippen LogP contribution is 2.41. The summed E-state index contributed by atoms with van der Waals surface area (Å²) in [6.07, 6.45) is 13.0. The third-order valence-corrected chi connectivity index (χ3v) is 4.40. The fraction of sp³-hybridized carbons (Fsp3) is 0.857. The summed E-state index contributed by atoms with van der Waals surface area (Å²) < 4.78 is 0. The van der Waals surface area contributed by atoms with E-state index in [0.717, 1.165) is 25.2 Å². The first-order valence-corrected chi connectivity index (χ1v) is 6.66. The third kappa shape index (κ3) is 2.44. The molecule has 0 saturated heterocycles. The maximum absolute atomic E-state index is 10.6. The second-order valence-electron chi connectivity index (χ2n) is 5.36. The van der Waals surface area contributed by atoms with E-state index in [1.54, 1.807) is 0 Å². The van der Waals surface area contributed by atoms with Crippen molar-refractivity contribution >= 4 is 0 Å². The van der Waals surface area contributed by atoms with Crippen molar-refractivity contribution in [3.8, 4) is 0 Å². The van der Waals surface area contributed by atoms with Crippen molar-refractivity contribution < 1.29 is 5.11 Å². The molecule has 86 valence electrons.